The number of carbonyl (C=O) groups excluding carboxylic acids is 1. The van der Waals surface area contributed by atoms with E-state index in [1.54, 1.807) is 12.1 Å². The van der Waals surface area contributed by atoms with Crippen molar-refractivity contribution in [2.24, 2.45) is 0 Å². The van der Waals surface area contributed by atoms with E-state index in [-0.39, 0.29) is 5.91 Å². The molecule has 128 valence electrons. The number of hydrogen-bond donors (Lipinski definition) is 1. The minimum atomic E-state index is -0.0299. The molecule has 0 radical (unpaired) electrons. The number of rotatable bonds is 7. The van der Waals surface area contributed by atoms with Gasteiger partial charge in [0.25, 0.3) is 0 Å². The van der Waals surface area contributed by atoms with E-state index >= 15 is 0 Å². The van der Waals surface area contributed by atoms with E-state index in [9.17, 15) is 4.79 Å². The zero-order valence-electron chi connectivity index (χ0n) is 14.3. The van der Waals surface area contributed by atoms with Gasteiger partial charge < -0.3 is 10.1 Å². The second-order valence-corrected chi connectivity index (χ2v) is 6.27. The number of ether oxygens (including phenoxy) is 1. The molecule has 0 aromatic heterocycles. The van der Waals surface area contributed by atoms with Gasteiger partial charge >= 0.3 is 0 Å². The summed E-state index contributed by atoms with van der Waals surface area (Å²) in [5, 5.41) is 3.64. The maximum Gasteiger partial charge on any atom is 0.238 e. The van der Waals surface area contributed by atoms with Crippen molar-refractivity contribution in [2.75, 3.05) is 32.1 Å². The van der Waals surface area contributed by atoms with Crippen LogP contribution < -0.4 is 10.1 Å². The average molecular weight is 347 g/mol. The normalized spacial score (nSPS) is 10.7. The third kappa shape index (κ3) is 5.55. The van der Waals surface area contributed by atoms with E-state index in [2.05, 4.69) is 5.32 Å². The van der Waals surface area contributed by atoms with Crippen molar-refractivity contribution >= 4 is 23.2 Å². The molecular weight excluding hydrogens is 324 g/mol. The number of benzene rings is 2. The highest BCUT2D eigenvalue weighted by Gasteiger charge is 2.09. The fourth-order valence-corrected chi connectivity index (χ4v) is 2.38. The van der Waals surface area contributed by atoms with Crippen LogP contribution in [0.1, 0.15) is 11.1 Å². The molecule has 0 unspecified atom stereocenters. The summed E-state index contributed by atoms with van der Waals surface area (Å²) in [5.74, 6) is 0.741. The first-order valence-electron chi connectivity index (χ1n) is 7.88. The van der Waals surface area contributed by atoms with Crippen LogP contribution in [0.2, 0.25) is 5.02 Å². The molecule has 0 aliphatic carbocycles. The van der Waals surface area contributed by atoms with E-state index in [0.29, 0.717) is 24.7 Å². The topological polar surface area (TPSA) is 41.6 Å². The predicted molar refractivity (Wildman–Crippen MR) is 99.0 cm³/mol. The third-order valence-corrected chi connectivity index (χ3v) is 4.10. The smallest absolute Gasteiger partial charge is 0.238 e. The first-order valence-corrected chi connectivity index (χ1v) is 8.26. The Morgan fingerprint density at radius 3 is 2.58 bits per heavy atom. The van der Waals surface area contributed by atoms with E-state index in [1.807, 2.05) is 56.1 Å². The molecule has 5 heteroatoms. The third-order valence-electron chi connectivity index (χ3n) is 3.85. The molecule has 24 heavy (non-hydrogen) atoms. The number of halogens is 1. The first kappa shape index (κ1) is 18.3. The Hall–Kier alpha value is -2.04. The Bertz CT molecular complexity index is 686. The zero-order chi connectivity index (χ0) is 17.5. The summed E-state index contributed by atoms with van der Waals surface area (Å²) in [6, 6.07) is 13.1. The number of nitrogens with one attached hydrogen (secondary N) is 1. The molecule has 0 aliphatic heterocycles. The number of amides is 1. The summed E-state index contributed by atoms with van der Waals surface area (Å²) in [6.45, 7) is 5.52. The minimum Gasteiger partial charge on any atom is -0.492 e. The molecule has 0 fully saturated rings. The van der Waals surface area contributed by atoms with Crippen LogP contribution in [0.15, 0.2) is 42.5 Å². The van der Waals surface area contributed by atoms with Crippen molar-refractivity contribution in [3.05, 3.63) is 58.6 Å². The van der Waals surface area contributed by atoms with Crippen LogP contribution in [0.25, 0.3) is 0 Å². The molecule has 0 saturated heterocycles. The van der Waals surface area contributed by atoms with Crippen molar-refractivity contribution in [3.8, 4) is 5.75 Å². The van der Waals surface area contributed by atoms with Crippen molar-refractivity contribution in [1.82, 2.24) is 4.90 Å². The van der Waals surface area contributed by atoms with Gasteiger partial charge in [0.15, 0.2) is 0 Å². The number of anilines is 1. The molecule has 2 aromatic carbocycles. The highest BCUT2D eigenvalue weighted by atomic mass is 35.5. The fourth-order valence-electron chi connectivity index (χ4n) is 2.25. The molecular formula is C19H23ClN2O2. The van der Waals surface area contributed by atoms with Gasteiger partial charge in [-0.15, -0.1) is 0 Å². The van der Waals surface area contributed by atoms with E-state index in [0.717, 1.165) is 22.6 Å². The van der Waals surface area contributed by atoms with Crippen molar-refractivity contribution < 1.29 is 9.53 Å². The van der Waals surface area contributed by atoms with Gasteiger partial charge in [-0.1, -0.05) is 23.7 Å². The van der Waals surface area contributed by atoms with Crippen molar-refractivity contribution in [3.63, 3.8) is 0 Å². The lowest BCUT2D eigenvalue weighted by molar-refractivity contribution is -0.117. The molecule has 0 atom stereocenters. The van der Waals surface area contributed by atoms with Gasteiger partial charge in [-0.25, -0.2) is 0 Å². The van der Waals surface area contributed by atoms with Gasteiger partial charge in [-0.3, -0.25) is 9.69 Å². The van der Waals surface area contributed by atoms with Gasteiger partial charge in [0.2, 0.25) is 5.91 Å². The summed E-state index contributed by atoms with van der Waals surface area (Å²) in [5.41, 5.74) is 3.13. The summed E-state index contributed by atoms with van der Waals surface area (Å²) in [7, 11) is 1.90. The van der Waals surface area contributed by atoms with Crippen LogP contribution in [-0.2, 0) is 4.79 Å². The van der Waals surface area contributed by atoms with E-state index in [1.165, 1.54) is 0 Å². The van der Waals surface area contributed by atoms with Gasteiger partial charge in [0, 0.05) is 17.3 Å². The zero-order valence-corrected chi connectivity index (χ0v) is 15.1. The first-order chi connectivity index (χ1) is 11.5. The lowest BCUT2D eigenvalue weighted by atomic mass is 10.1. The molecule has 1 N–H and O–H groups in total. The number of likely N-dealkylation sites (N-methyl/N-ethyl adjacent to an activating group) is 1. The number of carbonyl (C=O) groups is 1. The summed E-state index contributed by atoms with van der Waals surface area (Å²) < 4.78 is 5.63. The highest BCUT2D eigenvalue weighted by molar-refractivity contribution is 6.30. The standard InChI is InChI=1S/C19H23ClN2O2/c1-14-5-4-6-18(15(14)2)21-19(23)13-22(3)11-12-24-17-9-7-16(20)8-10-17/h4-10H,11-13H2,1-3H3,(H,21,23). The van der Waals surface area contributed by atoms with Crippen LogP contribution in [0.4, 0.5) is 5.69 Å². The number of aryl methyl sites for hydroxylation is 1. The Morgan fingerprint density at radius 1 is 1.17 bits per heavy atom. The summed E-state index contributed by atoms with van der Waals surface area (Å²) in [4.78, 5) is 14.1. The molecule has 0 bridgehead atoms. The molecule has 0 heterocycles. The maximum atomic E-state index is 12.1. The van der Waals surface area contributed by atoms with Crippen LogP contribution in [-0.4, -0.2) is 37.6 Å². The Kier molecular flexibility index (Phi) is 6.64. The van der Waals surface area contributed by atoms with E-state index < -0.39 is 0 Å². The SMILES string of the molecule is Cc1cccc(NC(=O)CN(C)CCOc2ccc(Cl)cc2)c1C. The average Bonchev–Trinajstić information content (AvgIpc) is 2.53. The summed E-state index contributed by atoms with van der Waals surface area (Å²) in [6.07, 6.45) is 0. The highest BCUT2D eigenvalue weighted by Crippen LogP contribution is 2.18. The number of hydrogen-bond acceptors (Lipinski definition) is 3. The van der Waals surface area contributed by atoms with Crippen molar-refractivity contribution in [1.29, 1.82) is 0 Å². The van der Waals surface area contributed by atoms with Gasteiger partial charge in [0.1, 0.15) is 12.4 Å². The molecule has 0 saturated carbocycles. The molecule has 0 spiro atoms. The molecule has 0 aliphatic rings. The molecule has 2 aromatic rings. The van der Waals surface area contributed by atoms with Crippen LogP contribution in [0.3, 0.4) is 0 Å². The Labute approximate surface area is 148 Å². The van der Waals surface area contributed by atoms with E-state index in [4.69, 9.17) is 16.3 Å². The largest absolute Gasteiger partial charge is 0.492 e. The van der Waals surface area contributed by atoms with Gasteiger partial charge in [-0.05, 0) is 62.4 Å². The molecule has 2 rings (SSSR count). The monoisotopic (exact) mass is 346 g/mol. The minimum absolute atomic E-state index is 0.0299. The van der Waals surface area contributed by atoms with Crippen LogP contribution in [0.5, 0.6) is 5.75 Å². The van der Waals surface area contributed by atoms with Gasteiger partial charge in [0.05, 0.1) is 6.54 Å². The van der Waals surface area contributed by atoms with Gasteiger partial charge in [-0.2, -0.15) is 0 Å². The Morgan fingerprint density at radius 2 is 1.88 bits per heavy atom. The van der Waals surface area contributed by atoms with Crippen LogP contribution >= 0.6 is 11.6 Å². The maximum absolute atomic E-state index is 12.1. The predicted octanol–water partition coefficient (Wildman–Crippen LogP) is 3.91. The van der Waals surface area contributed by atoms with Crippen molar-refractivity contribution in [2.45, 2.75) is 13.8 Å². The lowest BCUT2D eigenvalue weighted by Gasteiger charge is -2.17. The second kappa shape index (κ2) is 8.71. The fraction of sp³-hybridized carbons (Fsp3) is 0.316. The quantitative estimate of drug-likeness (QED) is 0.826. The number of nitrogens with zero attached hydrogens (tertiary/aromatic N) is 1. The second-order valence-electron chi connectivity index (χ2n) is 5.84. The summed E-state index contributed by atoms with van der Waals surface area (Å²) >= 11 is 5.83. The molecule has 4 nitrogen and oxygen atoms in total. The lowest BCUT2D eigenvalue weighted by Crippen LogP contribution is -2.33. The molecule has 1 amide bonds. The Balaban J connectivity index is 1.75. The van der Waals surface area contributed by atoms with Crippen LogP contribution in [0, 0.1) is 13.8 Å².